The normalized spacial score (nSPS) is 9.25. The number of benzene rings is 1. The lowest BCUT2D eigenvalue weighted by Gasteiger charge is -2.04. The Morgan fingerprint density at radius 1 is 0.750 bits per heavy atom. The van der Waals surface area contributed by atoms with Gasteiger partial charge < -0.3 is 0 Å². The van der Waals surface area contributed by atoms with Crippen molar-refractivity contribution in [2.45, 2.75) is 27.7 Å². The molecule has 0 bridgehead atoms. The Morgan fingerprint density at radius 2 is 1.25 bits per heavy atom. The van der Waals surface area contributed by atoms with Crippen molar-refractivity contribution < 1.29 is 0 Å². The molecule has 0 saturated carbocycles. The van der Waals surface area contributed by atoms with Crippen LogP contribution in [0, 0.1) is 13.8 Å². The fourth-order valence-corrected chi connectivity index (χ4v) is 1.69. The first-order chi connectivity index (χ1) is 7.75. The van der Waals surface area contributed by atoms with Crippen molar-refractivity contribution in [3.63, 3.8) is 0 Å². The van der Waals surface area contributed by atoms with Crippen molar-refractivity contribution in [1.29, 1.82) is 0 Å². The molecule has 2 aromatic rings. The van der Waals surface area contributed by atoms with Gasteiger partial charge in [0.2, 0.25) is 0 Å². The number of aryl methyl sites for hydroxylation is 2. The highest BCUT2D eigenvalue weighted by atomic mass is 14.6. The molecule has 0 aliphatic heterocycles. The maximum absolute atomic E-state index is 4.02. The topological polar surface area (TPSA) is 12.9 Å². The van der Waals surface area contributed by atoms with E-state index in [4.69, 9.17) is 0 Å². The SMILES string of the molecule is CC.Cc1cc(C)cc(-c2ccncc2)c1. The molecule has 0 unspecified atom stereocenters. The molecule has 0 N–H and O–H groups in total. The average molecular weight is 213 g/mol. The summed E-state index contributed by atoms with van der Waals surface area (Å²) in [6, 6.07) is 10.7. The molecule has 0 aliphatic rings. The highest BCUT2D eigenvalue weighted by Gasteiger charge is 1.98. The lowest BCUT2D eigenvalue weighted by molar-refractivity contribution is 1.32. The van der Waals surface area contributed by atoms with E-state index in [1.165, 1.54) is 22.3 Å². The zero-order chi connectivity index (χ0) is 12.0. The van der Waals surface area contributed by atoms with Gasteiger partial charge in [-0.25, -0.2) is 0 Å². The van der Waals surface area contributed by atoms with Gasteiger partial charge in [0.25, 0.3) is 0 Å². The van der Waals surface area contributed by atoms with Crippen molar-refractivity contribution in [2.75, 3.05) is 0 Å². The molecule has 84 valence electrons. The molecule has 0 fully saturated rings. The molecule has 1 heterocycles. The van der Waals surface area contributed by atoms with Crippen molar-refractivity contribution in [2.24, 2.45) is 0 Å². The Balaban J connectivity index is 0.000000606. The van der Waals surface area contributed by atoms with E-state index < -0.39 is 0 Å². The summed E-state index contributed by atoms with van der Waals surface area (Å²) in [6.07, 6.45) is 3.65. The Kier molecular flexibility index (Phi) is 4.71. The largest absolute Gasteiger partial charge is 0.265 e. The minimum absolute atomic E-state index is 1.23. The van der Waals surface area contributed by atoms with Crippen LogP contribution < -0.4 is 0 Å². The average Bonchev–Trinajstić information content (AvgIpc) is 2.32. The van der Waals surface area contributed by atoms with Crippen LogP contribution in [0.25, 0.3) is 11.1 Å². The van der Waals surface area contributed by atoms with E-state index >= 15 is 0 Å². The molecule has 2 rings (SSSR count). The van der Waals surface area contributed by atoms with Gasteiger partial charge in [0.15, 0.2) is 0 Å². The lowest BCUT2D eigenvalue weighted by atomic mass is 10.0. The van der Waals surface area contributed by atoms with Gasteiger partial charge >= 0.3 is 0 Å². The van der Waals surface area contributed by atoms with Gasteiger partial charge in [-0.1, -0.05) is 43.2 Å². The molecule has 0 amide bonds. The minimum Gasteiger partial charge on any atom is -0.265 e. The first-order valence-corrected chi connectivity index (χ1v) is 5.74. The maximum Gasteiger partial charge on any atom is 0.0273 e. The maximum atomic E-state index is 4.02. The van der Waals surface area contributed by atoms with Gasteiger partial charge in [0, 0.05) is 12.4 Å². The predicted octanol–water partition coefficient (Wildman–Crippen LogP) is 4.39. The summed E-state index contributed by atoms with van der Waals surface area (Å²) >= 11 is 0. The molecule has 1 nitrogen and oxygen atoms in total. The predicted molar refractivity (Wildman–Crippen MR) is 70.5 cm³/mol. The van der Waals surface area contributed by atoms with Crippen LogP contribution in [-0.4, -0.2) is 4.98 Å². The van der Waals surface area contributed by atoms with Gasteiger partial charge in [-0.05, 0) is 37.1 Å². The summed E-state index contributed by atoms with van der Waals surface area (Å²) in [5.74, 6) is 0. The van der Waals surface area contributed by atoms with Crippen LogP contribution in [0.4, 0.5) is 0 Å². The fraction of sp³-hybridized carbons (Fsp3) is 0.267. The smallest absolute Gasteiger partial charge is 0.0273 e. The molecule has 1 aromatic carbocycles. The first-order valence-electron chi connectivity index (χ1n) is 5.74. The van der Waals surface area contributed by atoms with Crippen molar-refractivity contribution >= 4 is 0 Å². The number of nitrogens with zero attached hydrogens (tertiary/aromatic N) is 1. The van der Waals surface area contributed by atoms with Gasteiger partial charge in [0.05, 0.1) is 0 Å². The summed E-state index contributed by atoms with van der Waals surface area (Å²) in [5, 5.41) is 0. The molecule has 1 aromatic heterocycles. The molecule has 0 radical (unpaired) electrons. The van der Waals surface area contributed by atoms with Gasteiger partial charge in [-0.15, -0.1) is 0 Å². The van der Waals surface area contributed by atoms with Crippen LogP contribution in [-0.2, 0) is 0 Å². The zero-order valence-electron chi connectivity index (χ0n) is 10.5. The summed E-state index contributed by atoms with van der Waals surface area (Å²) < 4.78 is 0. The number of hydrogen-bond donors (Lipinski definition) is 0. The Labute approximate surface area is 98.2 Å². The molecular formula is C15H19N. The van der Waals surface area contributed by atoms with E-state index in [1.807, 2.05) is 38.4 Å². The summed E-state index contributed by atoms with van der Waals surface area (Å²) in [5.41, 5.74) is 5.10. The summed E-state index contributed by atoms with van der Waals surface area (Å²) in [6.45, 7) is 8.25. The quantitative estimate of drug-likeness (QED) is 0.684. The second-order valence-corrected chi connectivity index (χ2v) is 3.61. The first kappa shape index (κ1) is 12.4. The Bertz CT molecular complexity index is 412. The minimum atomic E-state index is 1.23. The van der Waals surface area contributed by atoms with Crippen molar-refractivity contribution in [1.82, 2.24) is 4.98 Å². The third-order valence-corrected chi connectivity index (χ3v) is 2.24. The second-order valence-electron chi connectivity index (χ2n) is 3.61. The monoisotopic (exact) mass is 213 g/mol. The van der Waals surface area contributed by atoms with Crippen LogP contribution in [0.3, 0.4) is 0 Å². The third kappa shape index (κ3) is 3.20. The van der Waals surface area contributed by atoms with Crippen LogP contribution in [0.1, 0.15) is 25.0 Å². The highest BCUT2D eigenvalue weighted by Crippen LogP contribution is 2.20. The Morgan fingerprint density at radius 3 is 1.75 bits per heavy atom. The van der Waals surface area contributed by atoms with Gasteiger partial charge in [-0.3, -0.25) is 4.98 Å². The number of aromatic nitrogens is 1. The van der Waals surface area contributed by atoms with E-state index in [0.29, 0.717) is 0 Å². The second kappa shape index (κ2) is 6.06. The summed E-state index contributed by atoms with van der Waals surface area (Å²) in [4.78, 5) is 4.02. The fourth-order valence-electron chi connectivity index (χ4n) is 1.69. The molecule has 0 atom stereocenters. The third-order valence-electron chi connectivity index (χ3n) is 2.24. The van der Waals surface area contributed by atoms with Crippen LogP contribution in [0.15, 0.2) is 42.7 Å². The summed E-state index contributed by atoms with van der Waals surface area (Å²) in [7, 11) is 0. The van der Waals surface area contributed by atoms with E-state index in [2.05, 4.69) is 37.0 Å². The number of pyridine rings is 1. The van der Waals surface area contributed by atoms with Gasteiger partial charge in [-0.2, -0.15) is 0 Å². The van der Waals surface area contributed by atoms with Crippen molar-refractivity contribution in [3.05, 3.63) is 53.9 Å². The zero-order valence-corrected chi connectivity index (χ0v) is 10.5. The van der Waals surface area contributed by atoms with Gasteiger partial charge in [0.1, 0.15) is 0 Å². The lowest BCUT2D eigenvalue weighted by Crippen LogP contribution is -1.82. The van der Waals surface area contributed by atoms with E-state index in [0.717, 1.165) is 0 Å². The van der Waals surface area contributed by atoms with Crippen LogP contribution in [0.5, 0.6) is 0 Å². The van der Waals surface area contributed by atoms with E-state index in [1.54, 1.807) is 0 Å². The Hall–Kier alpha value is -1.63. The molecule has 0 aliphatic carbocycles. The van der Waals surface area contributed by atoms with E-state index in [9.17, 15) is 0 Å². The van der Waals surface area contributed by atoms with E-state index in [-0.39, 0.29) is 0 Å². The molecule has 0 saturated heterocycles. The molecule has 1 heteroatoms. The molecular weight excluding hydrogens is 194 g/mol. The number of hydrogen-bond acceptors (Lipinski definition) is 1. The van der Waals surface area contributed by atoms with Crippen LogP contribution in [0.2, 0.25) is 0 Å². The van der Waals surface area contributed by atoms with Crippen molar-refractivity contribution in [3.8, 4) is 11.1 Å². The molecule has 16 heavy (non-hydrogen) atoms. The number of rotatable bonds is 1. The van der Waals surface area contributed by atoms with Crippen LogP contribution >= 0.6 is 0 Å². The highest BCUT2D eigenvalue weighted by molar-refractivity contribution is 5.64. The molecule has 0 spiro atoms. The standard InChI is InChI=1S/C13H13N.C2H6/c1-10-7-11(2)9-13(8-10)12-3-5-14-6-4-12;1-2/h3-9H,1-2H3;1-2H3.